The molecule has 9 heteroatoms. The Balaban J connectivity index is 1.43. The molecule has 5 rings (SSSR count). The molecule has 2 saturated heterocycles. The second-order valence-electron chi connectivity index (χ2n) is 7.79. The monoisotopic (exact) mass is 411 g/mol. The van der Waals surface area contributed by atoms with E-state index < -0.39 is 17.9 Å². The number of halogens is 1. The van der Waals surface area contributed by atoms with Gasteiger partial charge in [-0.25, -0.2) is 18.7 Å². The number of hydrogen-bond donors (Lipinski definition) is 1. The van der Waals surface area contributed by atoms with Crippen LogP contribution in [0.5, 0.6) is 0 Å². The Morgan fingerprint density at radius 2 is 2.20 bits per heavy atom. The normalized spacial score (nSPS) is 24.0. The van der Waals surface area contributed by atoms with E-state index in [1.54, 1.807) is 12.2 Å². The van der Waals surface area contributed by atoms with Crippen LogP contribution < -0.4 is 10.2 Å². The van der Waals surface area contributed by atoms with Crippen molar-refractivity contribution >= 4 is 23.3 Å². The second kappa shape index (κ2) is 7.55. The van der Waals surface area contributed by atoms with Crippen molar-refractivity contribution < 1.29 is 18.7 Å². The van der Waals surface area contributed by atoms with Gasteiger partial charge in [0.2, 0.25) is 0 Å². The molecule has 156 valence electrons. The number of aromatic nitrogens is 3. The number of allylic oxidation sites excluding steroid dienone is 3. The fourth-order valence-corrected chi connectivity index (χ4v) is 4.40. The van der Waals surface area contributed by atoms with Gasteiger partial charge in [-0.15, -0.1) is 5.10 Å². The molecular formula is C21H22FN5O3. The lowest BCUT2D eigenvalue weighted by atomic mass is 9.95. The molecule has 1 aliphatic carbocycles. The number of anilines is 1. The first-order valence-corrected chi connectivity index (χ1v) is 10.3. The van der Waals surface area contributed by atoms with Crippen molar-refractivity contribution in [3.63, 3.8) is 0 Å². The minimum absolute atomic E-state index is 0.100. The highest BCUT2D eigenvalue weighted by Gasteiger charge is 2.31. The van der Waals surface area contributed by atoms with E-state index in [4.69, 9.17) is 4.74 Å². The molecule has 2 aliphatic heterocycles. The number of fused-ring (bicyclic) bond motifs is 1. The number of ether oxygens (including phenoxy) is 1. The van der Waals surface area contributed by atoms with E-state index in [-0.39, 0.29) is 17.6 Å². The number of nitrogens with zero attached hydrogens (tertiary/aromatic N) is 4. The molecule has 0 radical (unpaired) electrons. The minimum atomic E-state index is -0.643. The summed E-state index contributed by atoms with van der Waals surface area (Å²) in [7, 11) is 0. The largest absolute Gasteiger partial charge is 0.464 e. The SMILES string of the molecule is O=C(N[C@@H]1CCOC1=O)c1cnc2ccc(N3CCC[C@@H]3C3=CC(F)=CCC3)nn12. The summed E-state index contributed by atoms with van der Waals surface area (Å²) >= 11 is 0. The average Bonchev–Trinajstić information content (AvgIpc) is 3.47. The van der Waals surface area contributed by atoms with Crippen LogP contribution >= 0.6 is 0 Å². The molecule has 1 N–H and O–H groups in total. The quantitative estimate of drug-likeness (QED) is 0.777. The fourth-order valence-electron chi connectivity index (χ4n) is 4.40. The maximum Gasteiger partial charge on any atom is 0.328 e. The van der Waals surface area contributed by atoms with Gasteiger partial charge in [-0.3, -0.25) is 4.79 Å². The van der Waals surface area contributed by atoms with Crippen LogP contribution in [0.3, 0.4) is 0 Å². The lowest BCUT2D eigenvalue weighted by Gasteiger charge is -2.28. The van der Waals surface area contributed by atoms with Gasteiger partial charge in [-0.05, 0) is 55.5 Å². The van der Waals surface area contributed by atoms with Gasteiger partial charge in [-0.2, -0.15) is 0 Å². The van der Waals surface area contributed by atoms with E-state index in [0.29, 0.717) is 30.9 Å². The van der Waals surface area contributed by atoms with Crippen molar-refractivity contribution in [3.05, 3.63) is 47.6 Å². The van der Waals surface area contributed by atoms with Crippen LogP contribution in [-0.2, 0) is 9.53 Å². The third kappa shape index (κ3) is 3.34. The molecule has 2 aromatic rings. The van der Waals surface area contributed by atoms with E-state index in [9.17, 15) is 14.0 Å². The summed E-state index contributed by atoms with van der Waals surface area (Å²) in [6.07, 6.45) is 8.65. The maximum atomic E-state index is 13.8. The van der Waals surface area contributed by atoms with Crippen LogP contribution in [0.15, 0.2) is 41.9 Å². The van der Waals surface area contributed by atoms with Crippen molar-refractivity contribution in [3.8, 4) is 0 Å². The molecule has 0 unspecified atom stereocenters. The number of imidazole rings is 1. The first-order valence-electron chi connectivity index (χ1n) is 10.3. The zero-order valence-corrected chi connectivity index (χ0v) is 16.4. The van der Waals surface area contributed by atoms with Gasteiger partial charge in [0.05, 0.1) is 18.8 Å². The van der Waals surface area contributed by atoms with Crippen LogP contribution in [-0.4, -0.2) is 51.7 Å². The Hall–Kier alpha value is -3.23. The van der Waals surface area contributed by atoms with Gasteiger partial charge in [-0.1, -0.05) is 0 Å². The summed E-state index contributed by atoms with van der Waals surface area (Å²) in [6, 6.07) is 3.15. The Kier molecular flexibility index (Phi) is 4.72. The van der Waals surface area contributed by atoms with Crippen molar-refractivity contribution in [2.75, 3.05) is 18.1 Å². The molecular weight excluding hydrogens is 389 g/mol. The highest BCUT2D eigenvalue weighted by Crippen LogP contribution is 2.33. The lowest BCUT2D eigenvalue weighted by molar-refractivity contribution is -0.139. The first-order chi connectivity index (χ1) is 14.6. The predicted octanol–water partition coefficient (Wildman–Crippen LogP) is 2.32. The smallest absolute Gasteiger partial charge is 0.328 e. The molecule has 8 nitrogen and oxygen atoms in total. The minimum Gasteiger partial charge on any atom is -0.464 e. The summed E-state index contributed by atoms with van der Waals surface area (Å²) < 4.78 is 20.2. The zero-order valence-electron chi connectivity index (χ0n) is 16.4. The molecule has 30 heavy (non-hydrogen) atoms. The molecule has 2 aromatic heterocycles. The Morgan fingerprint density at radius 1 is 1.30 bits per heavy atom. The Morgan fingerprint density at radius 3 is 3.00 bits per heavy atom. The maximum absolute atomic E-state index is 13.8. The van der Waals surface area contributed by atoms with E-state index >= 15 is 0 Å². The standard InChI is InChI=1S/C21H22FN5O3/c22-14-4-1-3-13(11-14)16-5-2-9-26(16)19-7-6-18-23-12-17(27(18)25-19)20(28)24-15-8-10-30-21(15)29/h4,6-7,11-12,15-16H,1-3,5,8-10H2,(H,24,28)/t15-,16-/m1/s1. The third-order valence-corrected chi connectivity index (χ3v) is 5.89. The molecule has 2 fully saturated rings. The number of carbonyl (C=O) groups excluding carboxylic acids is 2. The lowest BCUT2D eigenvalue weighted by Crippen LogP contribution is -2.38. The van der Waals surface area contributed by atoms with E-state index in [0.717, 1.165) is 31.4 Å². The molecule has 3 aliphatic rings. The summed E-state index contributed by atoms with van der Waals surface area (Å²) in [5, 5.41) is 7.36. The van der Waals surface area contributed by atoms with Crippen LogP contribution in [0.2, 0.25) is 0 Å². The number of rotatable bonds is 4. The van der Waals surface area contributed by atoms with E-state index in [1.807, 2.05) is 12.1 Å². The predicted molar refractivity (Wildman–Crippen MR) is 107 cm³/mol. The Bertz CT molecular complexity index is 1080. The highest BCUT2D eigenvalue weighted by atomic mass is 19.1. The average molecular weight is 411 g/mol. The fraction of sp³-hybridized carbons (Fsp3) is 0.429. The molecule has 0 bridgehead atoms. The van der Waals surface area contributed by atoms with Gasteiger partial charge >= 0.3 is 5.97 Å². The van der Waals surface area contributed by atoms with Crippen molar-refractivity contribution in [1.29, 1.82) is 0 Å². The summed E-state index contributed by atoms with van der Waals surface area (Å²) in [5.74, 6) is -0.303. The first kappa shape index (κ1) is 18.8. The summed E-state index contributed by atoms with van der Waals surface area (Å²) in [4.78, 5) is 30.8. The van der Waals surface area contributed by atoms with Gasteiger partial charge in [0.1, 0.15) is 17.7 Å². The number of hydrogen-bond acceptors (Lipinski definition) is 6. The molecule has 1 amide bonds. The number of carbonyl (C=O) groups is 2. The molecule has 2 atom stereocenters. The van der Waals surface area contributed by atoms with Gasteiger partial charge in [0.15, 0.2) is 11.3 Å². The number of esters is 1. The second-order valence-corrected chi connectivity index (χ2v) is 7.79. The molecule has 0 spiro atoms. The molecule has 0 aromatic carbocycles. The van der Waals surface area contributed by atoms with Crippen molar-refractivity contribution in [2.24, 2.45) is 0 Å². The van der Waals surface area contributed by atoms with Crippen molar-refractivity contribution in [2.45, 2.75) is 44.2 Å². The molecule has 0 saturated carbocycles. The Labute approximate surface area is 172 Å². The van der Waals surface area contributed by atoms with Crippen LogP contribution in [0.1, 0.15) is 42.6 Å². The van der Waals surface area contributed by atoms with Crippen LogP contribution in [0.4, 0.5) is 10.2 Å². The van der Waals surface area contributed by atoms with E-state index in [1.165, 1.54) is 10.7 Å². The van der Waals surface area contributed by atoms with Crippen LogP contribution in [0.25, 0.3) is 5.65 Å². The highest BCUT2D eigenvalue weighted by molar-refractivity contribution is 5.96. The van der Waals surface area contributed by atoms with Crippen molar-refractivity contribution in [1.82, 2.24) is 19.9 Å². The summed E-state index contributed by atoms with van der Waals surface area (Å²) in [5.41, 5.74) is 1.88. The van der Waals surface area contributed by atoms with Gasteiger partial charge < -0.3 is 15.0 Å². The zero-order chi connectivity index (χ0) is 20.7. The number of amides is 1. The van der Waals surface area contributed by atoms with Gasteiger partial charge in [0, 0.05) is 13.0 Å². The van der Waals surface area contributed by atoms with E-state index in [2.05, 4.69) is 20.3 Å². The van der Waals surface area contributed by atoms with Crippen LogP contribution in [0, 0.1) is 0 Å². The third-order valence-electron chi connectivity index (χ3n) is 5.89. The van der Waals surface area contributed by atoms with Gasteiger partial charge in [0.25, 0.3) is 5.91 Å². The number of nitrogens with one attached hydrogen (secondary N) is 1. The topological polar surface area (TPSA) is 88.8 Å². The number of cyclic esters (lactones) is 1. The molecule has 4 heterocycles. The summed E-state index contributed by atoms with van der Waals surface area (Å²) in [6.45, 7) is 1.12.